The van der Waals surface area contributed by atoms with Crippen molar-refractivity contribution in [3.05, 3.63) is 89.9 Å². The highest BCUT2D eigenvalue weighted by Gasteiger charge is 2.20. The molecule has 33 heavy (non-hydrogen) atoms. The molecule has 4 rings (SSSR count). The van der Waals surface area contributed by atoms with Crippen molar-refractivity contribution in [1.82, 2.24) is 9.62 Å². The lowest BCUT2D eigenvalue weighted by atomic mass is 10.1. The molecule has 0 radical (unpaired) electrons. The van der Waals surface area contributed by atoms with Gasteiger partial charge in [0.25, 0.3) is 0 Å². The summed E-state index contributed by atoms with van der Waals surface area (Å²) in [6.07, 6.45) is 4.75. The van der Waals surface area contributed by atoms with E-state index < -0.39 is 10.0 Å². The number of hydrogen-bond acceptors (Lipinski definition) is 5. The number of amides is 1. The molecule has 1 N–H and O–H groups in total. The Balaban J connectivity index is 1.31. The summed E-state index contributed by atoms with van der Waals surface area (Å²) in [7, 11) is -3.65. The molecule has 2 aromatic carbocycles. The van der Waals surface area contributed by atoms with E-state index >= 15 is 0 Å². The van der Waals surface area contributed by atoms with Gasteiger partial charge in [-0.3, -0.25) is 4.79 Å². The number of para-hydroxylation sites is 1. The van der Waals surface area contributed by atoms with Crippen LogP contribution in [0, 0.1) is 6.92 Å². The average molecular weight is 466 g/mol. The second kappa shape index (κ2) is 10.1. The van der Waals surface area contributed by atoms with Crippen LogP contribution in [0.15, 0.2) is 82.3 Å². The van der Waals surface area contributed by atoms with Gasteiger partial charge in [0.2, 0.25) is 15.9 Å². The van der Waals surface area contributed by atoms with E-state index in [1.807, 2.05) is 17.0 Å². The van der Waals surface area contributed by atoms with Gasteiger partial charge in [-0.05, 0) is 54.5 Å². The number of nitrogens with zero attached hydrogens (tertiary/aromatic N) is 2. The largest absolute Gasteiger partial charge is 0.468 e. The summed E-state index contributed by atoms with van der Waals surface area (Å²) in [5.41, 5.74) is 3.21. The van der Waals surface area contributed by atoms with Gasteiger partial charge in [-0.2, -0.15) is 0 Å². The van der Waals surface area contributed by atoms with Gasteiger partial charge in [0.1, 0.15) is 5.76 Å². The molecule has 0 spiro atoms. The van der Waals surface area contributed by atoms with Crippen LogP contribution < -0.4 is 9.62 Å². The normalized spacial score (nSPS) is 14.7. The van der Waals surface area contributed by atoms with E-state index in [9.17, 15) is 13.2 Å². The molecule has 0 atom stereocenters. The van der Waals surface area contributed by atoms with E-state index in [0.29, 0.717) is 18.8 Å². The molecule has 172 valence electrons. The van der Waals surface area contributed by atoms with Crippen molar-refractivity contribution in [3.8, 4) is 0 Å². The van der Waals surface area contributed by atoms with Crippen molar-refractivity contribution < 1.29 is 17.6 Å². The molecule has 0 aliphatic carbocycles. The Hall–Kier alpha value is -3.36. The lowest BCUT2D eigenvalue weighted by Crippen LogP contribution is -2.48. The number of anilines is 1. The molecule has 1 aliphatic heterocycles. The number of rotatable bonds is 7. The molecule has 3 aromatic rings. The molecule has 1 aromatic heterocycles. The van der Waals surface area contributed by atoms with Crippen LogP contribution in [0.2, 0.25) is 0 Å². The third-order valence-corrected chi connectivity index (χ3v) is 7.09. The number of furan rings is 1. The number of aryl methyl sites for hydroxylation is 1. The summed E-state index contributed by atoms with van der Waals surface area (Å²) in [6, 6.07) is 18.1. The fraction of sp³-hybridized carbons (Fsp3) is 0.240. The monoisotopic (exact) mass is 465 g/mol. The zero-order valence-corrected chi connectivity index (χ0v) is 19.3. The second-order valence-corrected chi connectivity index (χ2v) is 9.67. The quantitative estimate of drug-likeness (QED) is 0.541. The summed E-state index contributed by atoms with van der Waals surface area (Å²) in [6.45, 7) is 5.10. The number of hydrogen-bond donors (Lipinski definition) is 1. The predicted octanol–water partition coefficient (Wildman–Crippen LogP) is 3.43. The predicted molar refractivity (Wildman–Crippen MR) is 128 cm³/mol. The number of carbonyl (C=O) groups excluding carboxylic acids is 1. The summed E-state index contributed by atoms with van der Waals surface area (Å²) >= 11 is 0. The topological polar surface area (TPSA) is 82.9 Å². The van der Waals surface area contributed by atoms with E-state index in [-0.39, 0.29) is 17.3 Å². The first kappa shape index (κ1) is 22.8. The van der Waals surface area contributed by atoms with Gasteiger partial charge < -0.3 is 14.2 Å². The lowest BCUT2D eigenvalue weighted by molar-refractivity contribution is -0.126. The Morgan fingerprint density at radius 3 is 2.39 bits per heavy atom. The molecule has 0 saturated carbocycles. The van der Waals surface area contributed by atoms with Crippen LogP contribution in [0.5, 0.6) is 0 Å². The van der Waals surface area contributed by atoms with Crippen LogP contribution >= 0.6 is 0 Å². The molecule has 1 amide bonds. The highest BCUT2D eigenvalue weighted by Crippen LogP contribution is 2.21. The third kappa shape index (κ3) is 5.71. The molecule has 1 saturated heterocycles. The SMILES string of the molecule is Cc1ccccc1N1CCN(C(=O)C=Cc2ccc(S(=O)(=O)NCc3ccco3)cc2)CC1. The molecule has 1 fully saturated rings. The summed E-state index contributed by atoms with van der Waals surface area (Å²) in [4.78, 5) is 16.9. The maximum absolute atomic E-state index is 12.6. The fourth-order valence-electron chi connectivity index (χ4n) is 3.78. The van der Waals surface area contributed by atoms with Gasteiger partial charge in [0.05, 0.1) is 17.7 Å². The number of nitrogens with one attached hydrogen (secondary N) is 1. The third-order valence-electron chi connectivity index (χ3n) is 5.67. The Kier molecular flexibility index (Phi) is 6.96. The van der Waals surface area contributed by atoms with Crippen molar-refractivity contribution in [3.63, 3.8) is 0 Å². The number of benzene rings is 2. The number of carbonyl (C=O) groups is 1. The van der Waals surface area contributed by atoms with Crippen LogP contribution in [-0.4, -0.2) is 45.4 Å². The fourth-order valence-corrected chi connectivity index (χ4v) is 4.77. The Labute approximate surface area is 194 Å². The van der Waals surface area contributed by atoms with Crippen LogP contribution in [0.4, 0.5) is 5.69 Å². The van der Waals surface area contributed by atoms with Gasteiger partial charge in [-0.1, -0.05) is 30.3 Å². The highest BCUT2D eigenvalue weighted by molar-refractivity contribution is 7.89. The maximum atomic E-state index is 12.6. The van der Waals surface area contributed by atoms with Crippen molar-refractivity contribution >= 4 is 27.7 Å². The van der Waals surface area contributed by atoms with E-state index in [1.165, 1.54) is 29.6 Å². The van der Waals surface area contributed by atoms with Gasteiger partial charge in [0, 0.05) is 37.9 Å². The standard InChI is InChI=1S/C25H27N3O4S/c1-20-5-2-3-7-24(20)27-14-16-28(17-15-27)25(29)13-10-21-8-11-23(12-9-21)33(30,31)26-19-22-6-4-18-32-22/h2-13,18,26H,14-17,19H2,1H3. The van der Waals surface area contributed by atoms with E-state index in [1.54, 1.807) is 36.4 Å². The van der Waals surface area contributed by atoms with Gasteiger partial charge in [-0.25, -0.2) is 13.1 Å². The molecule has 2 heterocycles. The summed E-state index contributed by atoms with van der Waals surface area (Å²) in [5.74, 6) is 0.493. The minimum absolute atomic E-state index is 0.0451. The van der Waals surface area contributed by atoms with Crippen LogP contribution in [0.3, 0.4) is 0 Å². The molecule has 1 aliphatic rings. The van der Waals surface area contributed by atoms with Crippen molar-refractivity contribution in [2.45, 2.75) is 18.4 Å². The van der Waals surface area contributed by atoms with Gasteiger partial charge >= 0.3 is 0 Å². The van der Waals surface area contributed by atoms with Gasteiger partial charge in [0.15, 0.2) is 0 Å². The number of piperazine rings is 1. The molecule has 0 bridgehead atoms. The minimum Gasteiger partial charge on any atom is -0.468 e. The first-order valence-electron chi connectivity index (χ1n) is 10.8. The Morgan fingerprint density at radius 2 is 1.73 bits per heavy atom. The first-order chi connectivity index (χ1) is 15.9. The Morgan fingerprint density at radius 1 is 1.00 bits per heavy atom. The lowest BCUT2D eigenvalue weighted by Gasteiger charge is -2.36. The molecule has 8 heteroatoms. The molecule has 7 nitrogen and oxygen atoms in total. The molecular weight excluding hydrogens is 438 g/mol. The minimum atomic E-state index is -3.65. The average Bonchev–Trinajstić information content (AvgIpc) is 3.36. The van der Waals surface area contributed by atoms with Crippen molar-refractivity contribution in [2.75, 3.05) is 31.1 Å². The zero-order valence-electron chi connectivity index (χ0n) is 18.5. The van der Waals surface area contributed by atoms with Crippen molar-refractivity contribution in [2.24, 2.45) is 0 Å². The number of sulfonamides is 1. The van der Waals surface area contributed by atoms with Crippen LogP contribution in [-0.2, 0) is 21.4 Å². The first-order valence-corrected chi connectivity index (χ1v) is 12.3. The highest BCUT2D eigenvalue weighted by atomic mass is 32.2. The summed E-state index contributed by atoms with van der Waals surface area (Å²) in [5, 5.41) is 0. The smallest absolute Gasteiger partial charge is 0.246 e. The van der Waals surface area contributed by atoms with E-state index in [4.69, 9.17) is 4.42 Å². The Bertz CT molecular complexity index is 1210. The zero-order chi connectivity index (χ0) is 23.3. The molecule has 0 unspecified atom stereocenters. The van der Waals surface area contributed by atoms with Crippen LogP contribution in [0.25, 0.3) is 6.08 Å². The van der Waals surface area contributed by atoms with E-state index in [0.717, 1.165) is 18.7 Å². The van der Waals surface area contributed by atoms with Crippen LogP contribution in [0.1, 0.15) is 16.9 Å². The molecular formula is C25H27N3O4S. The second-order valence-electron chi connectivity index (χ2n) is 7.91. The van der Waals surface area contributed by atoms with E-state index in [2.05, 4.69) is 28.7 Å². The van der Waals surface area contributed by atoms with Crippen molar-refractivity contribution in [1.29, 1.82) is 0 Å². The van der Waals surface area contributed by atoms with Gasteiger partial charge in [-0.15, -0.1) is 0 Å². The summed E-state index contributed by atoms with van der Waals surface area (Å²) < 4.78 is 32.5. The maximum Gasteiger partial charge on any atom is 0.246 e.